The molecule has 5 aromatic rings. The first-order chi connectivity index (χ1) is 30.2. The highest BCUT2D eigenvalue weighted by Gasteiger charge is 2.32. The van der Waals surface area contributed by atoms with E-state index in [1.54, 1.807) is 61.9 Å². The highest BCUT2D eigenvalue weighted by Crippen LogP contribution is 2.40. The fraction of sp³-hybridized carbons (Fsp3) is 0.510. The van der Waals surface area contributed by atoms with E-state index in [2.05, 4.69) is 33.8 Å². The average Bonchev–Trinajstić information content (AvgIpc) is 3.91. The number of fused-ring (bicyclic) bond motifs is 2. The van der Waals surface area contributed by atoms with Crippen LogP contribution in [0.2, 0.25) is 0 Å². The van der Waals surface area contributed by atoms with Crippen LogP contribution in [0.4, 0.5) is 0 Å². The van der Waals surface area contributed by atoms with Crippen molar-refractivity contribution in [1.82, 2.24) is 29.7 Å². The van der Waals surface area contributed by atoms with Gasteiger partial charge in [-0.2, -0.15) is 13.4 Å². The molecule has 7 rings (SSSR count). The Hall–Kier alpha value is -5.97. The number of carbonyl (C=O) groups is 2. The molecule has 4 heterocycles. The van der Waals surface area contributed by atoms with Crippen LogP contribution in [0.25, 0.3) is 21.8 Å². The third-order valence-corrected chi connectivity index (χ3v) is 12.8. The number of benzene rings is 3. The Morgan fingerprint density at radius 2 is 1.15 bits per heavy atom. The van der Waals surface area contributed by atoms with E-state index in [0.717, 1.165) is 23.1 Å². The number of rotatable bonds is 12. The molecule has 2 aliphatic rings. The summed E-state index contributed by atoms with van der Waals surface area (Å²) in [6.45, 7) is 20.9. The third-order valence-electron chi connectivity index (χ3n) is 11.5. The Morgan fingerprint density at radius 3 is 1.58 bits per heavy atom. The van der Waals surface area contributed by atoms with Crippen molar-refractivity contribution in [3.05, 3.63) is 75.1 Å². The molecule has 66 heavy (non-hydrogen) atoms. The molecular weight excluding hydrogens is 865 g/mol. The zero-order chi connectivity index (χ0) is 46.8. The van der Waals surface area contributed by atoms with E-state index in [9.17, 15) is 22.8 Å². The maximum Gasteiger partial charge on any atom is 0.341 e. The number of hydrogen-bond acceptors (Lipinski definition) is 13. The topological polar surface area (TPSA) is 192 Å². The normalized spacial score (nSPS) is 15.9. The van der Waals surface area contributed by atoms with Crippen molar-refractivity contribution in [3.63, 3.8) is 0 Å². The summed E-state index contributed by atoms with van der Waals surface area (Å²) in [7, 11) is -1.21. The van der Waals surface area contributed by atoms with Gasteiger partial charge in [-0.1, -0.05) is 68.5 Å². The largest absolute Gasteiger partial charge is 0.493 e. The molecule has 0 bridgehead atoms. The number of aromatic nitrogens is 4. The first-order valence-corrected chi connectivity index (χ1v) is 23.0. The Kier molecular flexibility index (Phi) is 17.2. The number of nitrogens with one attached hydrogen (secondary N) is 1. The van der Waals surface area contributed by atoms with Gasteiger partial charge in [0.2, 0.25) is 17.7 Å². The predicted molar refractivity (Wildman–Crippen MR) is 257 cm³/mol. The Bertz CT molecular complexity index is 2710. The summed E-state index contributed by atoms with van der Waals surface area (Å²) < 4.78 is 57.2. The smallest absolute Gasteiger partial charge is 0.341 e. The van der Waals surface area contributed by atoms with E-state index in [1.165, 1.54) is 14.0 Å². The molecule has 16 nitrogen and oxygen atoms in total. The lowest BCUT2D eigenvalue weighted by molar-refractivity contribution is -0.128. The summed E-state index contributed by atoms with van der Waals surface area (Å²) in [5.41, 5.74) is 3.34. The molecule has 0 aliphatic carbocycles. The molecule has 0 radical (unpaired) electrons. The fourth-order valence-electron chi connectivity index (χ4n) is 7.95. The number of aryl methyl sites for hydroxylation is 2. The Balaban J connectivity index is 0.000000323. The van der Waals surface area contributed by atoms with E-state index in [1.807, 2.05) is 39.8 Å². The van der Waals surface area contributed by atoms with Gasteiger partial charge in [-0.25, -0.2) is 9.97 Å². The molecule has 2 saturated heterocycles. The van der Waals surface area contributed by atoms with Gasteiger partial charge in [0.05, 0.1) is 49.1 Å². The van der Waals surface area contributed by atoms with Crippen molar-refractivity contribution in [3.8, 4) is 28.9 Å². The van der Waals surface area contributed by atoms with Crippen LogP contribution in [0.3, 0.4) is 0 Å². The summed E-state index contributed by atoms with van der Waals surface area (Å²) in [6.07, 6.45) is 1.09. The first kappa shape index (κ1) is 52.7. The predicted octanol–water partition coefficient (Wildman–Crippen LogP) is 8.60. The number of H-pyrrole nitrogens is 1. The van der Waals surface area contributed by atoms with E-state index < -0.39 is 10.1 Å². The maximum atomic E-state index is 14.1. The minimum absolute atomic E-state index is 0. The van der Waals surface area contributed by atoms with Crippen LogP contribution in [-0.4, -0.2) is 103 Å². The van der Waals surface area contributed by atoms with Crippen LogP contribution in [-0.2, 0) is 19.7 Å². The van der Waals surface area contributed by atoms with Crippen LogP contribution in [0.15, 0.2) is 46.1 Å². The molecule has 2 amide bonds. The Labute approximate surface area is 389 Å². The van der Waals surface area contributed by atoms with Crippen molar-refractivity contribution < 1.29 is 41.1 Å². The summed E-state index contributed by atoms with van der Waals surface area (Å²) >= 11 is 0. The van der Waals surface area contributed by atoms with Crippen molar-refractivity contribution in [1.29, 1.82) is 0 Å². The fourth-order valence-corrected chi connectivity index (χ4v) is 9.54. The van der Waals surface area contributed by atoms with Crippen molar-refractivity contribution in [2.24, 2.45) is 0 Å². The van der Waals surface area contributed by atoms with Gasteiger partial charge in [-0.05, 0) is 60.4 Å². The molecule has 3 aromatic carbocycles. The summed E-state index contributed by atoms with van der Waals surface area (Å²) in [5, 5.41) is 0.834. The molecule has 0 unspecified atom stereocenters. The van der Waals surface area contributed by atoms with Gasteiger partial charge in [0.1, 0.15) is 28.8 Å². The van der Waals surface area contributed by atoms with E-state index in [0.29, 0.717) is 89.1 Å². The summed E-state index contributed by atoms with van der Waals surface area (Å²) in [4.78, 5) is 54.9. The molecule has 2 aromatic heterocycles. The number of nitrogens with zero attached hydrogens (tertiary/aromatic N) is 5. The van der Waals surface area contributed by atoms with Gasteiger partial charge >= 0.3 is 10.1 Å². The highest BCUT2D eigenvalue weighted by atomic mass is 32.2. The number of amides is 2. The number of carbonyl (C=O) groups excluding carboxylic acids is 2. The van der Waals surface area contributed by atoms with Crippen molar-refractivity contribution in [2.45, 2.75) is 132 Å². The molecule has 0 saturated carbocycles. The van der Waals surface area contributed by atoms with Crippen LogP contribution in [0.5, 0.6) is 28.9 Å². The van der Waals surface area contributed by atoms with Crippen molar-refractivity contribution in [2.75, 3.05) is 40.4 Å². The lowest BCUT2D eigenvalue weighted by Gasteiger charge is -2.22. The van der Waals surface area contributed by atoms with E-state index in [-0.39, 0.29) is 73.0 Å². The monoisotopic (exact) mass is 932 g/mol. The quantitative estimate of drug-likeness (QED) is 0.117. The molecule has 1 N–H and O–H groups in total. The molecular formula is C49H68N6O10S. The minimum Gasteiger partial charge on any atom is -0.493 e. The van der Waals surface area contributed by atoms with Gasteiger partial charge in [-0.3, -0.25) is 14.4 Å². The highest BCUT2D eigenvalue weighted by molar-refractivity contribution is 7.87. The minimum atomic E-state index is -4.29. The first-order valence-electron chi connectivity index (χ1n) is 21.6. The van der Waals surface area contributed by atoms with E-state index >= 15 is 0 Å². The summed E-state index contributed by atoms with van der Waals surface area (Å²) in [6, 6.07) is 10.6. The number of hydrogen-bond donors (Lipinski definition) is 1. The summed E-state index contributed by atoms with van der Waals surface area (Å²) in [5.74, 6) is 2.87. The lowest BCUT2D eigenvalue weighted by atomic mass is 9.89. The van der Waals surface area contributed by atoms with E-state index in [4.69, 9.17) is 23.1 Å². The van der Waals surface area contributed by atoms with Crippen LogP contribution < -0.4 is 28.7 Å². The standard InChI is InChI=1S/C31H41N3O6S.C16H19N3O4.2CH4/c1-17(2)22-12-24(18(3)4)30(25(13-22)19(5)6)41(36,37)40-31-26-14-29(39-23-10-11-34(16-23)21(8)35)28(38-9)15-27(26)32-20(7)33-31;1-9-17-13-7-14(22-3)15(6-12(13)16(21)18-9)23-11-4-5-19(8-11)10(2)20;;/h12-15,17-19,23H,10-11,16H2,1-9H3;6-7,11H,4-5,8H2,1-3H3,(H,17,18,21);2*1H4/t23-;11-;;/m00../s1. The molecule has 2 atom stereocenters. The molecule has 2 fully saturated rings. The van der Waals surface area contributed by atoms with Gasteiger partial charge in [0, 0.05) is 51.9 Å². The second-order valence-corrected chi connectivity index (χ2v) is 18.8. The molecule has 0 spiro atoms. The zero-order valence-electron chi connectivity index (χ0n) is 38.8. The van der Waals surface area contributed by atoms with Crippen LogP contribution >= 0.6 is 0 Å². The SMILES string of the molecule is C.C.COc1cc2nc(C)[nH]c(=O)c2cc1O[C@H]1CCN(C(C)=O)C1.COc1cc2nc(C)nc(OS(=O)(=O)c3c(C(C)C)cc(C(C)C)cc3C(C)C)c2cc1O[C@H]1CCN(C(C)=O)C1. The number of likely N-dealkylation sites (tertiary alicyclic amines) is 2. The van der Waals surface area contributed by atoms with Crippen LogP contribution in [0.1, 0.15) is 129 Å². The number of ether oxygens (including phenoxy) is 4. The maximum absolute atomic E-state index is 14.1. The van der Waals surface area contributed by atoms with Gasteiger partial charge < -0.3 is 37.9 Å². The van der Waals surface area contributed by atoms with Gasteiger partial charge in [-0.15, -0.1) is 0 Å². The number of aromatic amines is 1. The van der Waals surface area contributed by atoms with Gasteiger partial charge in [0.15, 0.2) is 23.0 Å². The lowest BCUT2D eigenvalue weighted by Crippen LogP contribution is -2.28. The van der Waals surface area contributed by atoms with Crippen molar-refractivity contribution >= 4 is 43.7 Å². The van der Waals surface area contributed by atoms with Crippen LogP contribution in [0, 0.1) is 13.8 Å². The molecule has 17 heteroatoms. The molecule has 360 valence electrons. The average molecular weight is 933 g/mol. The second-order valence-electron chi connectivity index (χ2n) is 17.3. The second kappa shape index (κ2) is 21.6. The van der Waals surface area contributed by atoms with Gasteiger partial charge in [0.25, 0.3) is 5.56 Å². The zero-order valence-corrected chi connectivity index (χ0v) is 39.6. The Morgan fingerprint density at radius 1 is 0.682 bits per heavy atom. The molecule has 2 aliphatic heterocycles. The third kappa shape index (κ3) is 11.7. The number of methoxy groups -OCH3 is 2.